The molecule has 2 aromatic carbocycles. The molecule has 1 N–H and O–H groups in total. The molecule has 0 saturated heterocycles. The highest BCUT2D eigenvalue weighted by Gasteiger charge is 2.19. The molecule has 0 fully saturated rings. The summed E-state index contributed by atoms with van der Waals surface area (Å²) in [5.41, 5.74) is 0.408. The van der Waals surface area contributed by atoms with Crippen LogP contribution in [-0.2, 0) is 0 Å². The standard InChI is InChI=1S/C14H11BrClNO4/c1-8(18)10-6-5-9(7-12(10)16)21-14-11(15)3-2-4-13(14)17(19)20/h2-8,18H,1H3. The first kappa shape index (κ1) is 15.8. The van der Waals surface area contributed by atoms with Gasteiger partial charge in [-0.05, 0) is 46.6 Å². The summed E-state index contributed by atoms with van der Waals surface area (Å²) >= 11 is 9.27. The molecule has 7 heteroatoms. The summed E-state index contributed by atoms with van der Waals surface area (Å²) in [5, 5.41) is 20.9. The first-order valence-corrected chi connectivity index (χ1v) is 7.15. The maximum atomic E-state index is 11.0. The molecule has 0 bridgehead atoms. The molecule has 0 aromatic heterocycles. The molecule has 0 heterocycles. The van der Waals surface area contributed by atoms with Crippen LogP contribution in [0.2, 0.25) is 5.02 Å². The Morgan fingerprint density at radius 3 is 2.67 bits per heavy atom. The predicted molar refractivity (Wildman–Crippen MR) is 83.0 cm³/mol. The van der Waals surface area contributed by atoms with Crippen molar-refractivity contribution in [3.63, 3.8) is 0 Å². The van der Waals surface area contributed by atoms with Gasteiger partial charge >= 0.3 is 5.69 Å². The Morgan fingerprint density at radius 1 is 1.38 bits per heavy atom. The summed E-state index contributed by atoms with van der Waals surface area (Å²) in [4.78, 5) is 10.5. The largest absolute Gasteiger partial charge is 0.449 e. The second-order valence-electron chi connectivity index (χ2n) is 4.31. The zero-order valence-corrected chi connectivity index (χ0v) is 13.3. The van der Waals surface area contributed by atoms with E-state index in [4.69, 9.17) is 16.3 Å². The van der Waals surface area contributed by atoms with Crippen LogP contribution in [0.5, 0.6) is 11.5 Å². The van der Waals surface area contributed by atoms with Gasteiger partial charge in [-0.15, -0.1) is 0 Å². The van der Waals surface area contributed by atoms with Crippen LogP contribution in [-0.4, -0.2) is 10.0 Å². The van der Waals surface area contributed by atoms with Crippen molar-refractivity contribution in [1.82, 2.24) is 0 Å². The second kappa shape index (κ2) is 6.43. The number of aliphatic hydroxyl groups excluding tert-OH is 1. The monoisotopic (exact) mass is 371 g/mol. The Labute approximate surface area is 134 Å². The van der Waals surface area contributed by atoms with Crippen LogP contribution in [0.4, 0.5) is 5.69 Å². The van der Waals surface area contributed by atoms with Crippen LogP contribution in [0.3, 0.4) is 0 Å². The Kier molecular flexibility index (Phi) is 4.82. The van der Waals surface area contributed by atoms with Gasteiger partial charge in [-0.3, -0.25) is 10.1 Å². The first-order chi connectivity index (χ1) is 9.90. The van der Waals surface area contributed by atoms with Gasteiger partial charge in [-0.25, -0.2) is 0 Å². The highest BCUT2D eigenvalue weighted by molar-refractivity contribution is 9.10. The molecule has 21 heavy (non-hydrogen) atoms. The fourth-order valence-corrected chi connectivity index (χ4v) is 2.54. The first-order valence-electron chi connectivity index (χ1n) is 5.98. The highest BCUT2D eigenvalue weighted by Crippen LogP contribution is 2.39. The van der Waals surface area contributed by atoms with Crippen molar-refractivity contribution < 1.29 is 14.8 Å². The Morgan fingerprint density at radius 2 is 2.10 bits per heavy atom. The average molecular weight is 373 g/mol. The molecule has 0 aliphatic rings. The minimum absolute atomic E-state index is 0.100. The van der Waals surface area contributed by atoms with E-state index in [1.54, 1.807) is 31.2 Å². The van der Waals surface area contributed by atoms with Crippen LogP contribution in [0, 0.1) is 10.1 Å². The fraction of sp³-hybridized carbons (Fsp3) is 0.143. The number of halogens is 2. The van der Waals surface area contributed by atoms with Gasteiger partial charge in [-0.2, -0.15) is 0 Å². The van der Waals surface area contributed by atoms with Gasteiger partial charge < -0.3 is 9.84 Å². The lowest BCUT2D eigenvalue weighted by atomic mass is 10.1. The Balaban J connectivity index is 2.39. The van der Waals surface area contributed by atoms with Gasteiger partial charge in [0, 0.05) is 6.07 Å². The van der Waals surface area contributed by atoms with Crippen LogP contribution >= 0.6 is 27.5 Å². The summed E-state index contributed by atoms with van der Waals surface area (Å²) in [6, 6.07) is 9.27. The van der Waals surface area contributed by atoms with E-state index < -0.39 is 11.0 Å². The normalized spacial score (nSPS) is 12.0. The Bertz CT molecular complexity index is 691. The molecule has 0 aliphatic heterocycles. The quantitative estimate of drug-likeness (QED) is 0.614. The SMILES string of the molecule is CC(O)c1ccc(Oc2c(Br)cccc2[N+](=O)[O-])cc1Cl. The maximum absolute atomic E-state index is 11.0. The van der Waals surface area contributed by atoms with E-state index in [0.29, 0.717) is 20.8 Å². The van der Waals surface area contributed by atoms with Crippen molar-refractivity contribution in [3.8, 4) is 11.5 Å². The van der Waals surface area contributed by atoms with E-state index in [1.165, 1.54) is 12.1 Å². The van der Waals surface area contributed by atoms with E-state index in [1.807, 2.05) is 0 Å². The predicted octanol–water partition coefficient (Wildman–Crippen LogP) is 4.86. The number of nitro benzene ring substituents is 1. The lowest BCUT2D eigenvalue weighted by molar-refractivity contribution is -0.385. The zero-order valence-electron chi connectivity index (χ0n) is 10.9. The van der Waals surface area contributed by atoms with Crippen molar-refractivity contribution in [1.29, 1.82) is 0 Å². The highest BCUT2D eigenvalue weighted by atomic mass is 79.9. The van der Waals surface area contributed by atoms with Gasteiger partial charge in [0.05, 0.1) is 20.5 Å². The third-order valence-corrected chi connectivity index (χ3v) is 3.74. The van der Waals surface area contributed by atoms with Crippen molar-refractivity contribution in [2.24, 2.45) is 0 Å². The van der Waals surface area contributed by atoms with Gasteiger partial charge in [-0.1, -0.05) is 23.7 Å². The molecule has 0 amide bonds. The van der Waals surface area contributed by atoms with Crippen molar-refractivity contribution >= 4 is 33.2 Å². The number of hydrogen-bond acceptors (Lipinski definition) is 4. The average Bonchev–Trinajstić information content (AvgIpc) is 2.40. The van der Waals surface area contributed by atoms with E-state index in [-0.39, 0.29) is 11.4 Å². The maximum Gasteiger partial charge on any atom is 0.312 e. The number of nitrogens with zero attached hydrogens (tertiary/aromatic N) is 1. The van der Waals surface area contributed by atoms with Gasteiger partial charge in [0.1, 0.15) is 5.75 Å². The number of benzene rings is 2. The van der Waals surface area contributed by atoms with Crippen LogP contribution in [0.15, 0.2) is 40.9 Å². The second-order valence-corrected chi connectivity index (χ2v) is 5.57. The molecule has 2 aromatic rings. The molecule has 2 rings (SSSR count). The molecule has 110 valence electrons. The summed E-state index contributed by atoms with van der Waals surface area (Å²) < 4.78 is 6.03. The molecular weight excluding hydrogens is 362 g/mol. The van der Waals surface area contributed by atoms with Crippen molar-refractivity contribution in [2.45, 2.75) is 13.0 Å². The molecule has 0 radical (unpaired) electrons. The van der Waals surface area contributed by atoms with Crippen LogP contribution in [0.25, 0.3) is 0 Å². The van der Waals surface area contributed by atoms with Gasteiger partial charge in [0.2, 0.25) is 5.75 Å². The minimum atomic E-state index is -0.704. The number of aliphatic hydroxyl groups is 1. The number of para-hydroxylation sites is 1. The summed E-state index contributed by atoms with van der Waals surface area (Å²) in [6.45, 7) is 1.60. The fourth-order valence-electron chi connectivity index (χ4n) is 1.77. The summed E-state index contributed by atoms with van der Waals surface area (Å²) in [5.74, 6) is 0.447. The van der Waals surface area contributed by atoms with E-state index in [9.17, 15) is 15.2 Å². The molecule has 5 nitrogen and oxygen atoms in total. The molecule has 0 aliphatic carbocycles. The lowest BCUT2D eigenvalue weighted by Gasteiger charge is -2.11. The molecule has 1 atom stereocenters. The third kappa shape index (κ3) is 3.53. The molecular formula is C14H11BrClNO4. The van der Waals surface area contributed by atoms with E-state index in [0.717, 1.165) is 0 Å². The van der Waals surface area contributed by atoms with Gasteiger partial charge in [0.25, 0.3) is 0 Å². The zero-order chi connectivity index (χ0) is 15.6. The van der Waals surface area contributed by atoms with Gasteiger partial charge in [0.15, 0.2) is 0 Å². The number of ether oxygens (including phenoxy) is 1. The summed E-state index contributed by atoms with van der Waals surface area (Å²) in [6.07, 6.45) is -0.704. The topological polar surface area (TPSA) is 72.6 Å². The number of nitro groups is 1. The smallest absolute Gasteiger partial charge is 0.312 e. The molecule has 0 saturated carbocycles. The number of rotatable bonds is 4. The van der Waals surface area contributed by atoms with E-state index >= 15 is 0 Å². The van der Waals surface area contributed by atoms with Crippen molar-refractivity contribution in [3.05, 3.63) is 61.6 Å². The molecule has 1 unspecified atom stereocenters. The lowest BCUT2D eigenvalue weighted by Crippen LogP contribution is -1.96. The number of hydrogen-bond donors (Lipinski definition) is 1. The van der Waals surface area contributed by atoms with E-state index in [2.05, 4.69) is 15.9 Å². The van der Waals surface area contributed by atoms with Crippen molar-refractivity contribution in [2.75, 3.05) is 0 Å². The summed E-state index contributed by atoms with van der Waals surface area (Å²) in [7, 11) is 0. The molecule has 0 spiro atoms. The van der Waals surface area contributed by atoms with Crippen LogP contribution in [0.1, 0.15) is 18.6 Å². The minimum Gasteiger partial charge on any atom is -0.449 e. The Hall–Kier alpha value is -1.63. The third-order valence-electron chi connectivity index (χ3n) is 2.78. The van der Waals surface area contributed by atoms with Crippen LogP contribution < -0.4 is 4.74 Å².